The van der Waals surface area contributed by atoms with Gasteiger partial charge in [0.25, 0.3) is 0 Å². The van der Waals surface area contributed by atoms with E-state index >= 15 is 51.9 Å². The van der Waals surface area contributed by atoms with Crippen LogP contribution in [0.3, 0.4) is 0 Å². The van der Waals surface area contributed by atoms with Gasteiger partial charge in [-0.3, -0.25) is 57.5 Å². The predicted octanol–water partition coefficient (Wildman–Crippen LogP) is 5.96. The summed E-state index contributed by atoms with van der Waals surface area (Å²) in [5.74, 6) is -16.9. The number of hydrogen-bond acceptors (Lipinski definition) is 14. The minimum Gasteiger partial charge on any atom is -0.379 e. The van der Waals surface area contributed by atoms with Crippen LogP contribution in [0, 0.1) is 41.4 Å². The molecule has 3 N–H and O–H groups in total. The van der Waals surface area contributed by atoms with Crippen molar-refractivity contribution in [3.8, 4) is 0 Å². The van der Waals surface area contributed by atoms with Crippen LogP contribution >= 0.6 is 0 Å². The molecule has 8 fully saturated rings. The summed E-state index contributed by atoms with van der Waals surface area (Å²) in [5, 5.41) is 8.43. The molecule has 0 aromatic carbocycles. The summed E-state index contributed by atoms with van der Waals surface area (Å²) in [4.78, 5) is 193. The number of nitrogens with zero attached hydrogens (tertiary/aromatic N) is 9. The van der Waals surface area contributed by atoms with Crippen molar-refractivity contribution in [2.24, 2.45) is 41.4 Å². The van der Waals surface area contributed by atoms with Crippen LogP contribution in [0.2, 0.25) is 0 Å². The molecule has 2 unspecified atom stereocenters. The average molecular weight is 1580 g/mol. The normalized spacial score (nSPS) is 32.3. The van der Waals surface area contributed by atoms with E-state index in [0.29, 0.717) is 57.8 Å². The largest absolute Gasteiger partial charge is 0.397 e. The molecule has 4 saturated heterocycles. The maximum Gasteiger partial charge on any atom is 0.397 e. The van der Waals surface area contributed by atoms with E-state index in [1.807, 2.05) is 13.8 Å². The van der Waals surface area contributed by atoms with Crippen LogP contribution in [-0.2, 0) is 67.0 Å². The third-order valence-electron chi connectivity index (χ3n) is 25.0. The number of halogens is 8. The van der Waals surface area contributed by atoms with E-state index in [9.17, 15) is 40.7 Å². The van der Waals surface area contributed by atoms with Gasteiger partial charge in [0, 0.05) is 75.6 Å². The van der Waals surface area contributed by atoms with E-state index in [0.717, 1.165) is 24.5 Å². The Bertz CT molecular complexity index is 3250. The summed E-state index contributed by atoms with van der Waals surface area (Å²) < 4.78 is 127. The molecule has 8 rings (SSSR count). The molecule has 0 radical (unpaired) electrons. The molecule has 2 bridgehead atoms. The van der Waals surface area contributed by atoms with E-state index < -0.39 is 230 Å². The molecule has 12 atom stereocenters. The van der Waals surface area contributed by atoms with Crippen molar-refractivity contribution < 1.29 is 102 Å². The molecule has 622 valence electrons. The lowest BCUT2D eigenvalue weighted by Gasteiger charge is -2.47. The molecular weight excluding hydrogens is 1460 g/mol. The van der Waals surface area contributed by atoms with Gasteiger partial charge < -0.3 is 69.5 Å². The molecule has 1 spiro atoms. The molecule has 110 heavy (non-hydrogen) atoms. The van der Waals surface area contributed by atoms with Gasteiger partial charge in [-0.1, -0.05) is 59.8 Å². The lowest BCUT2D eigenvalue weighted by molar-refractivity contribution is -0.219. The zero-order chi connectivity index (χ0) is 81.2. The highest BCUT2D eigenvalue weighted by molar-refractivity contribution is 6.01. The van der Waals surface area contributed by atoms with Gasteiger partial charge in [-0.2, -0.15) is 26.3 Å². The van der Waals surface area contributed by atoms with Crippen LogP contribution in [0.4, 0.5) is 35.1 Å². The molecule has 12 amide bonds. The van der Waals surface area contributed by atoms with Gasteiger partial charge in [0.15, 0.2) is 0 Å². The Labute approximate surface area is 640 Å². The average Bonchev–Trinajstić information content (AvgIpc) is 1.27. The Morgan fingerprint density at radius 2 is 1.21 bits per heavy atom. The standard InChI is InChI=1S/C76H118F8N12O14/c1-12-45(4)62-71(106)89(6)43-60(99)90(7)53-21-14-13-17-31-95(70(53)105)56(40-46-22-25-49(26-23-46)75(79,80)81)68(103)88(5)42-58(97)85-52(27-24-47-38-50(77)61(51(78)39-47)76(82,83)84)67(102)96-32-28-57(109-11)64(96)66(101)87-74(29-18-30-74)73(108)93(10)63(48-19-15-16-20-48)72(107)92(9)55(69(104)94-33-35-110-36-34-94)41-59(98)91(8)54(37-44(2)3)65(100)86-62/h44-57,61-64H,12-43H2,1-11H3,(H,85,97)(H,86,100)(H,87,101)/t45-,46?,47?,49?,50?,51?,52-,53-,54-,55-,56-,57-,61?,62-,63-,64-/m0/s1. The van der Waals surface area contributed by atoms with Crippen LogP contribution < -0.4 is 16.0 Å². The molecule has 8 aliphatic rings. The van der Waals surface area contributed by atoms with Crippen LogP contribution in [-0.4, -0.2) is 302 Å². The van der Waals surface area contributed by atoms with Crippen LogP contribution in [0.15, 0.2) is 0 Å². The second-order valence-electron chi connectivity index (χ2n) is 32.9. The SMILES string of the molecule is CC[C@H](C)[C@@H]1NC(=O)[C@H](CC(C)C)N(C)C(=O)C[C@@H](C(=O)N2CCOCC2)N(C)C(=O)[C@H](C2CCCC2)N(C)C(=O)C2(CCC2)NC(=O)[C@@H]2[C@@H](OC)CCN2C(=O)[C@H](CCC2CC(F)C(C(F)(F)F)C(F)C2)NC(=O)CN(C)C(=O)[C@H](CC2CCC(C(F)(F)F)CC2)N2CCCCC[C@@H](C2=O)N(C)C(=O)CN(C)C1=O. The molecule has 0 aromatic rings. The van der Waals surface area contributed by atoms with Gasteiger partial charge in [-0.15, -0.1) is 0 Å². The van der Waals surface area contributed by atoms with E-state index in [1.54, 1.807) is 13.8 Å². The summed E-state index contributed by atoms with van der Waals surface area (Å²) in [6.07, 6.45) is -15.4. The van der Waals surface area contributed by atoms with Crippen LogP contribution in [0.5, 0.6) is 0 Å². The molecule has 34 heteroatoms. The highest BCUT2D eigenvalue weighted by Gasteiger charge is 2.57. The zero-order valence-electron chi connectivity index (χ0n) is 65.8. The van der Waals surface area contributed by atoms with Crippen molar-refractivity contribution in [2.75, 3.05) is 102 Å². The third kappa shape index (κ3) is 21.1. The smallest absolute Gasteiger partial charge is 0.379 e. The molecule has 26 nitrogen and oxygen atoms in total. The number of ether oxygens (including phenoxy) is 2. The highest BCUT2D eigenvalue weighted by atomic mass is 19.4. The van der Waals surface area contributed by atoms with E-state index in [1.165, 1.54) is 69.0 Å². The van der Waals surface area contributed by atoms with Gasteiger partial charge >= 0.3 is 12.4 Å². The first-order chi connectivity index (χ1) is 51.7. The van der Waals surface area contributed by atoms with Gasteiger partial charge in [0.05, 0.1) is 44.7 Å². The fraction of sp³-hybridized carbons (Fsp3) is 0.842. The number of carbonyl (C=O) groups excluding carboxylic acids is 12. The summed E-state index contributed by atoms with van der Waals surface area (Å²) in [6.45, 7) is 5.85. The number of likely N-dealkylation sites (N-methyl/N-ethyl adjacent to an activating group) is 6. The Hall–Kier alpha value is -7.00. The van der Waals surface area contributed by atoms with Gasteiger partial charge in [0.2, 0.25) is 70.9 Å². The van der Waals surface area contributed by atoms with Crippen molar-refractivity contribution in [3.63, 3.8) is 0 Å². The number of morpholine rings is 1. The fourth-order valence-corrected chi connectivity index (χ4v) is 17.9. The van der Waals surface area contributed by atoms with Gasteiger partial charge in [-0.05, 0) is 145 Å². The number of methoxy groups -OCH3 is 1. The van der Waals surface area contributed by atoms with Crippen molar-refractivity contribution in [1.82, 2.24) is 60.0 Å². The third-order valence-corrected chi connectivity index (χ3v) is 25.0. The Balaban J connectivity index is 1.20. The molecule has 4 saturated carbocycles. The summed E-state index contributed by atoms with van der Waals surface area (Å²) >= 11 is 0. The van der Waals surface area contributed by atoms with Crippen molar-refractivity contribution in [3.05, 3.63) is 0 Å². The lowest BCUT2D eigenvalue weighted by atomic mass is 9.74. The Morgan fingerprint density at radius 3 is 1.78 bits per heavy atom. The minimum absolute atomic E-state index is 0.00109. The van der Waals surface area contributed by atoms with Gasteiger partial charge in [0.1, 0.15) is 72.1 Å². The molecular formula is C76H118F8N12O14. The van der Waals surface area contributed by atoms with E-state index in [4.69, 9.17) is 9.47 Å². The summed E-state index contributed by atoms with van der Waals surface area (Å²) in [7, 11) is 9.38. The summed E-state index contributed by atoms with van der Waals surface area (Å²) in [5.41, 5.74) is -1.71. The Morgan fingerprint density at radius 1 is 0.591 bits per heavy atom. The lowest BCUT2D eigenvalue weighted by Crippen LogP contribution is -2.69. The zero-order valence-corrected chi connectivity index (χ0v) is 65.8. The first-order valence-electron chi connectivity index (χ1n) is 39.6. The van der Waals surface area contributed by atoms with Crippen molar-refractivity contribution in [2.45, 2.75) is 266 Å². The first kappa shape index (κ1) is 88.6. The summed E-state index contributed by atoms with van der Waals surface area (Å²) in [6, 6.07) is -11.4. The number of rotatable bonds is 12. The molecule has 4 aliphatic carbocycles. The number of carbonyl (C=O) groups is 12. The Kier molecular flexibility index (Phi) is 30.8. The maximum absolute atomic E-state index is 15.7. The second-order valence-corrected chi connectivity index (χ2v) is 32.9. The van der Waals surface area contributed by atoms with Crippen LogP contribution in [0.1, 0.15) is 182 Å². The van der Waals surface area contributed by atoms with Crippen molar-refractivity contribution in [1.29, 1.82) is 0 Å². The molecule has 4 aliphatic heterocycles. The van der Waals surface area contributed by atoms with Crippen molar-refractivity contribution >= 4 is 70.9 Å². The van der Waals surface area contributed by atoms with E-state index in [2.05, 4.69) is 16.0 Å². The topological polar surface area (TPSA) is 289 Å². The first-order valence-corrected chi connectivity index (χ1v) is 39.6. The maximum atomic E-state index is 15.7. The molecule has 4 heterocycles. The monoisotopic (exact) mass is 1570 g/mol. The highest BCUT2D eigenvalue weighted by Crippen LogP contribution is 2.46. The number of nitrogens with one attached hydrogen (secondary N) is 3. The van der Waals surface area contributed by atoms with Crippen LogP contribution in [0.25, 0.3) is 0 Å². The number of alkyl halides is 8. The number of hydrogen-bond donors (Lipinski definition) is 3. The second kappa shape index (κ2) is 38.2. The van der Waals surface area contributed by atoms with E-state index in [-0.39, 0.29) is 116 Å². The fourth-order valence-electron chi connectivity index (χ4n) is 17.9. The predicted molar refractivity (Wildman–Crippen MR) is 385 cm³/mol. The number of amides is 12. The van der Waals surface area contributed by atoms with Gasteiger partial charge in [-0.25, -0.2) is 8.78 Å². The quantitative estimate of drug-likeness (QED) is 0.190. The minimum atomic E-state index is -5.22. The molecule has 0 aromatic heterocycles. The number of fused-ring (bicyclic) bond motifs is 3.